The van der Waals surface area contributed by atoms with Crippen molar-refractivity contribution in [3.05, 3.63) is 95.1 Å². The summed E-state index contributed by atoms with van der Waals surface area (Å²) in [5.41, 5.74) is 3.99. The van der Waals surface area contributed by atoms with E-state index in [2.05, 4.69) is 15.6 Å². The second-order valence-electron chi connectivity index (χ2n) is 6.84. The number of benzene rings is 3. The molecule has 0 aliphatic rings. The summed E-state index contributed by atoms with van der Waals surface area (Å²) < 4.78 is 6.65. The summed E-state index contributed by atoms with van der Waals surface area (Å²) in [5, 5.41) is 11.6. The second kappa shape index (κ2) is 9.45. The maximum absolute atomic E-state index is 12.6. The highest BCUT2D eigenvalue weighted by atomic mass is 35.5. The van der Waals surface area contributed by atoms with Crippen LogP contribution in [0.3, 0.4) is 0 Å². The lowest BCUT2D eigenvalue weighted by molar-refractivity contribution is 0.0526. The fraction of sp³-hybridized carbons (Fsp3) is 0.0833. The first-order valence-electron chi connectivity index (χ1n) is 9.91. The summed E-state index contributed by atoms with van der Waals surface area (Å²) in [7, 11) is 0. The molecular weight excluding hydrogens is 428 g/mol. The number of amides is 1. The van der Waals surface area contributed by atoms with E-state index in [-0.39, 0.29) is 5.91 Å². The summed E-state index contributed by atoms with van der Waals surface area (Å²) in [6.07, 6.45) is 1.67. The normalized spacial score (nSPS) is 10.6. The van der Waals surface area contributed by atoms with E-state index in [0.29, 0.717) is 28.4 Å². The molecule has 0 unspecified atom stereocenters. The van der Waals surface area contributed by atoms with Crippen LogP contribution in [0.15, 0.2) is 79.0 Å². The fourth-order valence-electron chi connectivity index (χ4n) is 3.10. The van der Waals surface area contributed by atoms with Crippen LogP contribution in [0.2, 0.25) is 5.02 Å². The molecule has 32 heavy (non-hydrogen) atoms. The third-order valence-electron chi connectivity index (χ3n) is 4.72. The number of carbonyl (C=O) groups excluding carboxylic acids is 2. The predicted octanol–water partition coefficient (Wildman–Crippen LogP) is 5.02. The smallest absolute Gasteiger partial charge is 0.338 e. The first-order valence-corrected chi connectivity index (χ1v) is 10.3. The molecule has 0 fully saturated rings. The van der Waals surface area contributed by atoms with E-state index in [1.54, 1.807) is 78.5 Å². The summed E-state index contributed by atoms with van der Waals surface area (Å²) in [6.45, 7) is 2.06. The number of nitrogens with one attached hydrogen (secondary N) is 1. The minimum Gasteiger partial charge on any atom is -0.462 e. The monoisotopic (exact) mass is 446 g/mol. The van der Waals surface area contributed by atoms with E-state index in [1.165, 1.54) is 0 Å². The first-order chi connectivity index (χ1) is 15.5. The Hall–Kier alpha value is -3.97. The van der Waals surface area contributed by atoms with Gasteiger partial charge < -0.3 is 10.1 Å². The third kappa shape index (κ3) is 4.68. The Morgan fingerprint density at radius 1 is 0.938 bits per heavy atom. The Morgan fingerprint density at radius 3 is 2.25 bits per heavy atom. The Morgan fingerprint density at radius 2 is 1.59 bits per heavy atom. The molecule has 160 valence electrons. The standard InChI is InChI=1S/C24H19ClN4O3/c1-2-32-24(31)18-5-11-20(12-6-18)27-23(30)17-7-13-21(14-8-17)29-22(15-26-28-29)16-3-9-19(25)10-4-16/h3-15H,2H2,1H3,(H,27,30). The molecule has 4 rings (SSSR count). The van der Waals surface area contributed by atoms with Gasteiger partial charge in [0.05, 0.1) is 29.7 Å². The van der Waals surface area contributed by atoms with Gasteiger partial charge in [-0.3, -0.25) is 4.79 Å². The topological polar surface area (TPSA) is 86.1 Å². The Kier molecular flexibility index (Phi) is 6.28. The fourth-order valence-corrected chi connectivity index (χ4v) is 3.23. The summed E-state index contributed by atoms with van der Waals surface area (Å²) >= 11 is 5.97. The van der Waals surface area contributed by atoms with E-state index in [0.717, 1.165) is 16.9 Å². The Balaban J connectivity index is 1.47. The number of esters is 1. The van der Waals surface area contributed by atoms with E-state index < -0.39 is 5.97 Å². The lowest BCUT2D eigenvalue weighted by Crippen LogP contribution is -2.12. The van der Waals surface area contributed by atoms with Crippen LogP contribution in [0.5, 0.6) is 0 Å². The van der Waals surface area contributed by atoms with Gasteiger partial charge in [-0.15, -0.1) is 5.10 Å². The van der Waals surface area contributed by atoms with Gasteiger partial charge in [0.1, 0.15) is 0 Å². The van der Waals surface area contributed by atoms with Crippen molar-refractivity contribution in [3.63, 3.8) is 0 Å². The first kappa shape index (κ1) is 21.3. The molecule has 1 amide bonds. The third-order valence-corrected chi connectivity index (χ3v) is 4.97. The van der Waals surface area contributed by atoms with Crippen molar-refractivity contribution in [1.29, 1.82) is 0 Å². The van der Waals surface area contributed by atoms with Crippen molar-refractivity contribution < 1.29 is 14.3 Å². The lowest BCUT2D eigenvalue weighted by atomic mass is 10.1. The molecule has 0 saturated carbocycles. The zero-order valence-corrected chi connectivity index (χ0v) is 17.9. The van der Waals surface area contributed by atoms with Gasteiger partial charge in [0.2, 0.25) is 0 Å². The average Bonchev–Trinajstić information content (AvgIpc) is 3.30. The molecule has 4 aromatic rings. The van der Waals surface area contributed by atoms with E-state index in [4.69, 9.17) is 16.3 Å². The van der Waals surface area contributed by atoms with Crippen LogP contribution < -0.4 is 5.32 Å². The van der Waals surface area contributed by atoms with Gasteiger partial charge in [0, 0.05) is 21.8 Å². The van der Waals surface area contributed by atoms with Crippen molar-refractivity contribution in [2.24, 2.45) is 0 Å². The molecule has 1 aromatic heterocycles. The average molecular weight is 447 g/mol. The largest absolute Gasteiger partial charge is 0.462 e. The molecule has 0 atom stereocenters. The number of rotatable bonds is 6. The van der Waals surface area contributed by atoms with Crippen LogP contribution in [-0.4, -0.2) is 33.5 Å². The molecule has 0 aliphatic carbocycles. The number of aromatic nitrogens is 3. The molecule has 0 bridgehead atoms. The van der Waals surface area contributed by atoms with Crippen LogP contribution in [-0.2, 0) is 4.74 Å². The van der Waals surface area contributed by atoms with Gasteiger partial charge in [-0.2, -0.15) is 0 Å². The molecule has 0 aliphatic heterocycles. The number of hydrogen-bond donors (Lipinski definition) is 1. The van der Waals surface area contributed by atoms with Gasteiger partial charge >= 0.3 is 5.97 Å². The Bertz CT molecular complexity index is 1230. The van der Waals surface area contributed by atoms with Crippen molar-refractivity contribution in [2.75, 3.05) is 11.9 Å². The van der Waals surface area contributed by atoms with Crippen LogP contribution in [0, 0.1) is 0 Å². The number of nitrogens with zero attached hydrogens (tertiary/aromatic N) is 3. The SMILES string of the molecule is CCOC(=O)c1ccc(NC(=O)c2ccc(-n3nncc3-c3ccc(Cl)cc3)cc2)cc1. The number of hydrogen-bond acceptors (Lipinski definition) is 5. The number of ether oxygens (including phenoxy) is 1. The van der Waals surface area contributed by atoms with Crippen molar-refractivity contribution in [3.8, 4) is 16.9 Å². The summed E-state index contributed by atoms with van der Waals surface area (Å²) in [6, 6.07) is 21.0. The zero-order valence-electron chi connectivity index (χ0n) is 17.2. The van der Waals surface area contributed by atoms with Crippen LogP contribution >= 0.6 is 11.6 Å². The molecule has 1 heterocycles. The number of anilines is 1. The molecule has 8 heteroatoms. The molecule has 0 radical (unpaired) electrons. The van der Waals surface area contributed by atoms with Crippen LogP contribution in [0.1, 0.15) is 27.6 Å². The maximum atomic E-state index is 12.6. The van der Waals surface area contributed by atoms with Gasteiger partial charge in [-0.1, -0.05) is 28.9 Å². The van der Waals surface area contributed by atoms with Crippen LogP contribution in [0.25, 0.3) is 16.9 Å². The highest BCUT2D eigenvalue weighted by Crippen LogP contribution is 2.23. The minimum absolute atomic E-state index is 0.267. The molecule has 1 N–H and O–H groups in total. The van der Waals surface area contributed by atoms with Gasteiger partial charge in [0.25, 0.3) is 5.91 Å². The van der Waals surface area contributed by atoms with Gasteiger partial charge in [-0.25, -0.2) is 9.48 Å². The summed E-state index contributed by atoms with van der Waals surface area (Å²) in [5.74, 6) is -0.663. The van der Waals surface area contributed by atoms with Gasteiger partial charge in [0.15, 0.2) is 0 Å². The van der Waals surface area contributed by atoms with E-state index in [1.807, 2.05) is 12.1 Å². The van der Waals surface area contributed by atoms with E-state index in [9.17, 15) is 9.59 Å². The molecule has 0 saturated heterocycles. The van der Waals surface area contributed by atoms with Crippen molar-refractivity contribution in [1.82, 2.24) is 15.0 Å². The zero-order chi connectivity index (χ0) is 22.5. The summed E-state index contributed by atoms with van der Waals surface area (Å²) in [4.78, 5) is 24.3. The van der Waals surface area contributed by atoms with Crippen molar-refractivity contribution in [2.45, 2.75) is 6.92 Å². The lowest BCUT2D eigenvalue weighted by Gasteiger charge is -2.09. The molecular formula is C24H19ClN4O3. The maximum Gasteiger partial charge on any atom is 0.338 e. The quantitative estimate of drug-likeness (QED) is 0.420. The second-order valence-corrected chi connectivity index (χ2v) is 7.27. The minimum atomic E-state index is -0.396. The van der Waals surface area contributed by atoms with Crippen molar-refractivity contribution >= 4 is 29.2 Å². The van der Waals surface area contributed by atoms with Crippen LogP contribution in [0.4, 0.5) is 5.69 Å². The Labute approximate surface area is 189 Å². The highest BCUT2D eigenvalue weighted by molar-refractivity contribution is 6.30. The number of carbonyl (C=O) groups is 2. The molecule has 0 spiro atoms. The number of halogens is 1. The highest BCUT2D eigenvalue weighted by Gasteiger charge is 2.12. The predicted molar refractivity (Wildman–Crippen MR) is 122 cm³/mol. The molecule has 7 nitrogen and oxygen atoms in total. The van der Waals surface area contributed by atoms with Gasteiger partial charge in [-0.05, 0) is 67.6 Å². The molecule has 3 aromatic carbocycles. The van der Waals surface area contributed by atoms with E-state index >= 15 is 0 Å².